The molecule has 0 bridgehead atoms. The maximum atomic E-state index is 12.0. The second kappa shape index (κ2) is 7.04. The number of rotatable bonds is 4. The van der Waals surface area contributed by atoms with Gasteiger partial charge in [-0.25, -0.2) is 4.79 Å². The predicted octanol–water partition coefficient (Wildman–Crippen LogP) is 4.69. The van der Waals surface area contributed by atoms with E-state index in [0.29, 0.717) is 22.2 Å². The summed E-state index contributed by atoms with van der Waals surface area (Å²) in [7, 11) is 0. The van der Waals surface area contributed by atoms with Crippen LogP contribution in [0.25, 0.3) is 22.4 Å². The van der Waals surface area contributed by atoms with Crippen LogP contribution in [0.4, 0.5) is 11.4 Å². The van der Waals surface area contributed by atoms with Crippen LogP contribution in [0, 0.1) is 0 Å². The highest BCUT2D eigenvalue weighted by atomic mass is 32.2. The number of para-hydroxylation sites is 1. The van der Waals surface area contributed by atoms with Crippen molar-refractivity contribution in [3.8, 4) is 17.2 Å². The van der Waals surface area contributed by atoms with Gasteiger partial charge in [-0.3, -0.25) is 0 Å². The maximum absolute atomic E-state index is 12.0. The summed E-state index contributed by atoms with van der Waals surface area (Å²) >= 11 is 1.36. The Balaban J connectivity index is 1.63. The van der Waals surface area contributed by atoms with E-state index in [9.17, 15) is 9.90 Å². The van der Waals surface area contributed by atoms with Crippen molar-refractivity contribution in [2.24, 2.45) is 10.2 Å². The average Bonchev–Trinajstić information content (AvgIpc) is 3.17. The Hall–Kier alpha value is -3.46. The third-order valence-corrected chi connectivity index (χ3v) is 4.24. The summed E-state index contributed by atoms with van der Waals surface area (Å²) < 4.78 is 10.6. The summed E-state index contributed by atoms with van der Waals surface area (Å²) in [4.78, 5) is 12.0. The third-order valence-electron chi connectivity index (χ3n) is 3.72. The molecule has 0 spiro atoms. The molecule has 4 aromatic rings. The summed E-state index contributed by atoms with van der Waals surface area (Å²) in [6, 6.07) is 13.5. The summed E-state index contributed by atoms with van der Waals surface area (Å²) in [6.45, 7) is 0. The molecule has 0 fully saturated rings. The highest BCUT2D eigenvalue weighted by Crippen LogP contribution is 2.32. The monoisotopic (exact) mass is 380 g/mol. The zero-order valence-electron chi connectivity index (χ0n) is 14.0. The largest absolute Gasteiger partial charge is 0.505 e. The van der Waals surface area contributed by atoms with Gasteiger partial charge in [-0.2, -0.15) is 5.11 Å². The molecule has 0 atom stereocenters. The molecular weight excluding hydrogens is 368 g/mol. The third kappa shape index (κ3) is 3.32. The number of azo groups is 1. The fourth-order valence-corrected chi connectivity index (χ4v) is 2.68. The number of benzene rings is 2. The van der Waals surface area contributed by atoms with Gasteiger partial charge < -0.3 is 13.9 Å². The number of hydrogen-bond donors (Lipinski definition) is 1. The number of aromatic nitrogens is 2. The first-order valence-electron chi connectivity index (χ1n) is 7.80. The van der Waals surface area contributed by atoms with Gasteiger partial charge in [0.1, 0.15) is 5.58 Å². The van der Waals surface area contributed by atoms with E-state index in [1.807, 2.05) is 6.26 Å². The zero-order chi connectivity index (χ0) is 18.8. The van der Waals surface area contributed by atoms with E-state index in [4.69, 9.17) is 8.83 Å². The van der Waals surface area contributed by atoms with Crippen LogP contribution >= 0.6 is 11.8 Å². The van der Waals surface area contributed by atoms with Crippen LogP contribution in [0.15, 0.2) is 77.6 Å². The van der Waals surface area contributed by atoms with Crippen molar-refractivity contribution in [2.45, 2.75) is 5.22 Å². The zero-order valence-corrected chi connectivity index (χ0v) is 14.8. The Bertz CT molecular complexity index is 1200. The van der Waals surface area contributed by atoms with Crippen LogP contribution in [0.1, 0.15) is 0 Å². The van der Waals surface area contributed by atoms with Crippen molar-refractivity contribution in [3.05, 3.63) is 59.0 Å². The first kappa shape index (κ1) is 17.0. The molecule has 0 aliphatic rings. The van der Waals surface area contributed by atoms with Gasteiger partial charge in [0, 0.05) is 5.56 Å². The van der Waals surface area contributed by atoms with Crippen molar-refractivity contribution in [3.63, 3.8) is 0 Å². The fourth-order valence-electron chi connectivity index (χ4n) is 2.40. The molecule has 27 heavy (non-hydrogen) atoms. The van der Waals surface area contributed by atoms with Gasteiger partial charge in [0.15, 0.2) is 5.75 Å². The van der Waals surface area contributed by atoms with Crippen LogP contribution in [0.2, 0.25) is 0 Å². The van der Waals surface area contributed by atoms with Crippen molar-refractivity contribution in [1.82, 2.24) is 10.2 Å². The van der Waals surface area contributed by atoms with E-state index in [1.54, 1.807) is 48.5 Å². The Morgan fingerprint density at radius 3 is 2.52 bits per heavy atom. The molecule has 0 aliphatic heterocycles. The minimum absolute atomic E-state index is 0.251. The van der Waals surface area contributed by atoms with Gasteiger partial charge in [-0.05, 0) is 42.7 Å². The van der Waals surface area contributed by atoms with E-state index >= 15 is 0 Å². The lowest BCUT2D eigenvalue weighted by molar-refractivity contribution is 0.466. The van der Waals surface area contributed by atoms with Gasteiger partial charge >= 0.3 is 5.63 Å². The molecule has 1 N–H and O–H groups in total. The Labute approximate surface area is 156 Å². The van der Waals surface area contributed by atoms with Crippen LogP contribution < -0.4 is 5.63 Å². The van der Waals surface area contributed by atoms with Gasteiger partial charge in [0.25, 0.3) is 5.22 Å². The highest BCUT2D eigenvalue weighted by Gasteiger charge is 2.13. The number of thioether (sulfide) groups is 1. The lowest BCUT2D eigenvalue weighted by atomic mass is 10.2. The molecule has 2 aromatic heterocycles. The minimum Gasteiger partial charge on any atom is -0.505 e. The van der Waals surface area contributed by atoms with Gasteiger partial charge in [-0.1, -0.05) is 23.9 Å². The second-order valence-corrected chi connectivity index (χ2v) is 6.16. The second-order valence-electron chi connectivity index (χ2n) is 5.41. The molecule has 134 valence electrons. The topological polar surface area (TPSA) is 114 Å². The maximum Gasteiger partial charge on any atom is 0.368 e. The summed E-state index contributed by atoms with van der Waals surface area (Å²) in [5.41, 5.74) is 0.485. The van der Waals surface area contributed by atoms with Crippen molar-refractivity contribution >= 4 is 34.1 Å². The Morgan fingerprint density at radius 1 is 1.00 bits per heavy atom. The van der Waals surface area contributed by atoms with E-state index < -0.39 is 5.63 Å². The van der Waals surface area contributed by atoms with E-state index in [2.05, 4.69) is 20.4 Å². The first-order chi connectivity index (χ1) is 13.2. The van der Waals surface area contributed by atoms with Gasteiger partial charge in [-0.15, -0.1) is 15.3 Å². The molecule has 9 heteroatoms. The van der Waals surface area contributed by atoms with E-state index in [1.165, 1.54) is 11.8 Å². The number of hydrogen-bond acceptors (Lipinski definition) is 9. The van der Waals surface area contributed by atoms with Crippen LogP contribution in [-0.2, 0) is 0 Å². The predicted molar refractivity (Wildman–Crippen MR) is 99.8 cm³/mol. The molecular formula is C18H12N4O4S. The average molecular weight is 380 g/mol. The van der Waals surface area contributed by atoms with Crippen molar-refractivity contribution in [2.75, 3.05) is 6.26 Å². The number of fused-ring (bicyclic) bond motifs is 1. The molecule has 2 aromatic carbocycles. The van der Waals surface area contributed by atoms with E-state index in [0.717, 1.165) is 5.56 Å². The summed E-state index contributed by atoms with van der Waals surface area (Å²) in [5.74, 6) is 0.133. The quantitative estimate of drug-likeness (QED) is 0.310. The van der Waals surface area contributed by atoms with Crippen LogP contribution in [0.5, 0.6) is 5.75 Å². The Kier molecular flexibility index (Phi) is 4.43. The van der Waals surface area contributed by atoms with Crippen LogP contribution in [0.3, 0.4) is 0 Å². The highest BCUT2D eigenvalue weighted by molar-refractivity contribution is 7.98. The standard InChI is InChI=1S/C18H12N4O4S/c1-27-18-22-21-16(26-18)10-6-8-11(9-7-10)19-20-14-15(23)12-4-2-3-5-13(12)25-17(14)24/h2-9,23H,1H3. The van der Waals surface area contributed by atoms with E-state index in [-0.39, 0.29) is 17.0 Å². The molecule has 4 rings (SSSR count). The molecule has 0 saturated carbocycles. The summed E-state index contributed by atoms with van der Waals surface area (Å²) in [5, 5.41) is 26.8. The molecule has 0 amide bonds. The van der Waals surface area contributed by atoms with Crippen molar-refractivity contribution in [1.29, 1.82) is 0 Å². The normalized spacial score (nSPS) is 11.4. The summed E-state index contributed by atoms with van der Waals surface area (Å²) in [6.07, 6.45) is 1.85. The number of nitrogens with zero attached hydrogens (tertiary/aromatic N) is 4. The SMILES string of the molecule is CSc1nnc(-c2ccc(N=Nc3c(O)c4ccccc4oc3=O)cc2)o1. The molecule has 0 aliphatic carbocycles. The Morgan fingerprint density at radius 2 is 1.78 bits per heavy atom. The first-order valence-corrected chi connectivity index (χ1v) is 9.02. The van der Waals surface area contributed by atoms with Gasteiger partial charge in [0.2, 0.25) is 11.6 Å². The van der Waals surface area contributed by atoms with Crippen LogP contribution in [-0.4, -0.2) is 21.6 Å². The lowest BCUT2D eigenvalue weighted by Gasteiger charge is -2.01. The molecule has 0 saturated heterocycles. The molecule has 0 unspecified atom stereocenters. The fraction of sp³-hybridized carbons (Fsp3) is 0.0556. The molecule has 8 nitrogen and oxygen atoms in total. The minimum atomic E-state index is -0.762. The lowest BCUT2D eigenvalue weighted by Crippen LogP contribution is -1.98. The van der Waals surface area contributed by atoms with Gasteiger partial charge in [0.05, 0.1) is 11.1 Å². The van der Waals surface area contributed by atoms with Crippen molar-refractivity contribution < 1.29 is 13.9 Å². The number of aromatic hydroxyl groups is 1. The smallest absolute Gasteiger partial charge is 0.368 e. The molecule has 0 radical (unpaired) electrons. The molecule has 2 heterocycles.